The van der Waals surface area contributed by atoms with Gasteiger partial charge in [0, 0.05) is 19.0 Å². The summed E-state index contributed by atoms with van der Waals surface area (Å²) in [4.78, 5) is 11.0. The van der Waals surface area contributed by atoms with Crippen LogP contribution in [0.4, 0.5) is 5.82 Å². The molecule has 4 heteroatoms. The van der Waals surface area contributed by atoms with E-state index in [1.54, 1.807) is 0 Å². The van der Waals surface area contributed by atoms with Crippen molar-refractivity contribution in [2.24, 2.45) is 11.7 Å². The minimum atomic E-state index is 0.637. The second-order valence-electron chi connectivity index (χ2n) is 3.91. The summed E-state index contributed by atoms with van der Waals surface area (Å²) in [5.41, 5.74) is 7.58. The van der Waals surface area contributed by atoms with Gasteiger partial charge in [0.1, 0.15) is 5.82 Å². The van der Waals surface area contributed by atoms with Crippen molar-refractivity contribution in [3.63, 3.8) is 0 Å². The molecule has 2 N–H and O–H groups in total. The molecule has 2 rings (SSSR count). The Morgan fingerprint density at radius 2 is 2.14 bits per heavy atom. The van der Waals surface area contributed by atoms with E-state index in [9.17, 15) is 0 Å². The maximum Gasteiger partial charge on any atom is 0.147 e. The quantitative estimate of drug-likeness (QED) is 0.741. The van der Waals surface area contributed by atoms with Crippen molar-refractivity contribution in [2.45, 2.75) is 13.8 Å². The third-order valence-corrected chi connectivity index (χ3v) is 2.79. The van der Waals surface area contributed by atoms with Gasteiger partial charge in [-0.15, -0.1) is 0 Å². The number of hydrogen-bond acceptors (Lipinski definition) is 4. The highest BCUT2D eigenvalue weighted by Gasteiger charge is 2.26. The summed E-state index contributed by atoms with van der Waals surface area (Å²) in [6.45, 7) is 6.78. The second kappa shape index (κ2) is 3.53. The Hall–Kier alpha value is -1.16. The minimum Gasteiger partial charge on any atom is -0.355 e. The Kier molecular flexibility index (Phi) is 2.37. The Bertz CT molecular complexity index is 331. The Morgan fingerprint density at radius 3 is 2.71 bits per heavy atom. The Balaban J connectivity index is 2.08. The van der Waals surface area contributed by atoms with Crippen LogP contribution in [0.25, 0.3) is 0 Å². The number of aryl methyl sites for hydroxylation is 2. The summed E-state index contributed by atoms with van der Waals surface area (Å²) in [5.74, 6) is 1.62. The van der Waals surface area contributed by atoms with Crippen LogP contribution in [0.1, 0.15) is 11.4 Å². The van der Waals surface area contributed by atoms with Crippen molar-refractivity contribution >= 4 is 5.82 Å². The summed E-state index contributed by atoms with van der Waals surface area (Å²) in [5, 5.41) is 0. The molecule has 0 bridgehead atoms. The molecule has 0 amide bonds. The van der Waals surface area contributed by atoms with E-state index in [0.717, 1.165) is 36.8 Å². The summed E-state index contributed by atoms with van der Waals surface area (Å²) < 4.78 is 0. The maximum atomic E-state index is 5.57. The SMILES string of the molecule is Cc1ncc(N2CC(CN)C2)nc1C. The van der Waals surface area contributed by atoms with Gasteiger partial charge >= 0.3 is 0 Å². The molecule has 1 saturated heterocycles. The molecule has 2 heterocycles. The highest BCUT2D eigenvalue weighted by molar-refractivity contribution is 5.40. The lowest BCUT2D eigenvalue weighted by atomic mass is 10.0. The number of aromatic nitrogens is 2. The normalized spacial score (nSPS) is 16.9. The fraction of sp³-hybridized carbons (Fsp3) is 0.600. The van der Waals surface area contributed by atoms with Gasteiger partial charge in [0.05, 0.1) is 17.6 Å². The fourth-order valence-corrected chi connectivity index (χ4v) is 1.59. The van der Waals surface area contributed by atoms with Gasteiger partial charge in [-0.3, -0.25) is 4.98 Å². The molecular weight excluding hydrogens is 176 g/mol. The molecule has 0 saturated carbocycles. The van der Waals surface area contributed by atoms with Crippen LogP contribution in [-0.4, -0.2) is 29.6 Å². The van der Waals surface area contributed by atoms with E-state index in [2.05, 4.69) is 14.9 Å². The molecular formula is C10H16N4. The molecule has 1 fully saturated rings. The van der Waals surface area contributed by atoms with Gasteiger partial charge in [0.2, 0.25) is 0 Å². The van der Waals surface area contributed by atoms with E-state index in [4.69, 9.17) is 5.73 Å². The van der Waals surface area contributed by atoms with Gasteiger partial charge < -0.3 is 10.6 Å². The summed E-state index contributed by atoms with van der Waals surface area (Å²) >= 11 is 0. The van der Waals surface area contributed by atoms with Crippen LogP contribution < -0.4 is 10.6 Å². The van der Waals surface area contributed by atoms with Crippen LogP contribution in [0, 0.1) is 19.8 Å². The number of nitrogens with two attached hydrogens (primary N) is 1. The van der Waals surface area contributed by atoms with E-state index in [1.807, 2.05) is 20.0 Å². The standard InChI is InChI=1S/C10H16N4/c1-7-8(2)13-10(4-12-7)14-5-9(3-11)6-14/h4,9H,3,5-6,11H2,1-2H3. The molecule has 0 aliphatic carbocycles. The first-order chi connectivity index (χ1) is 6.70. The zero-order valence-corrected chi connectivity index (χ0v) is 8.70. The minimum absolute atomic E-state index is 0.637. The molecule has 0 unspecified atom stereocenters. The van der Waals surface area contributed by atoms with Crippen molar-refractivity contribution in [1.82, 2.24) is 9.97 Å². The van der Waals surface area contributed by atoms with Crippen molar-refractivity contribution in [3.8, 4) is 0 Å². The van der Waals surface area contributed by atoms with E-state index in [1.165, 1.54) is 0 Å². The van der Waals surface area contributed by atoms with Crippen molar-refractivity contribution in [1.29, 1.82) is 0 Å². The van der Waals surface area contributed by atoms with E-state index < -0.39 is 0 Å². The smallest absolute Gasteiger partial charge is 0.147 e. The van der Waals surface area contributed by atoms with Crippen molar-refractivity contribution in [3.05, 3.63) is 17.6 Å². The van der Waals surface area contributed by atoms with Gasteiger partial charge in [0.15, 0.2) is 0 Å². The average molecular weight is 192 g/mol. The summed E-state index contributed by atoms with van der Waals surface area (Å²) in [6, 6.07) is 0. The van der Waals surface area contributed by atoms with E-state index in [0.29, 0.717) is 5.92 Å². The topological polar surface area (TPSA) is 55.0 Å². The zero-order valence-electron chi connectivity index (χ0n) is 8.70. The molecule has 1 aliphatic heterocycles. The Morgan fingerprint density at radius 1 is 1.43 bits per heavy atom. The summed E-state index contributed by atoms with van der Waals surface area (Å²) in [6.07, 6.45) is 1.84. The number of rotatable bonds is 2. The number of nitrogens with zero attached hydrogens (tertiary/aromatic N) is 3. The van der Waals surface area contributed by atoms with E-state index >= 15 is 0 Å². The predicted octanol–water partition coefficient (Wildman–Crippen LogP) is 0.488. The molecule has 1 aromatic heterocycles. The van der Waals surface area contributed by atoms with Crippen LogP contribution in [0.2, 0.25) is 0 Å². The molecule has 14 heavy (non-hydrogen) atoms. The van der Waals surface area contributed by atoms with Crippen molar-refractivity contribution in [2.75, 3.05) is 24.5 Å². The van der Waals surface area contributed by atoms with Crippen LogP contribution in [0.5, 0.6) is 0 Å². The second-order valence-corrected chi connectivity index (χ2v) is 3.91. The first-order valence-electron chi connectivity index (χ1n) is 4.96. The van der Waals surface area contributed by atoms with Crippen LogP contribution in [0.15, 0.2) is 6.20 Å². The first-order valence-corrected chi connectivity index (χ1v) is 4.96. The third kappa shape index (κ3) is 1.57. The molecule has 4 nitrogen and oxygen atoms in total. The highest BCUT2D eigenvalue weighted by Crippen LogP contribution is 2.21. The lowest BCUT2D eigenvalue weighted by Crippen LogP contribution is -2.50. The van der Waals surface area contributed by atoms with Crippen LogP contribution >= 0.6 is 0 Å². The third-order valence-electron chi connectivity index (χ3n) is 2.79. The molecule has 0 spiro atoms. The number of anilines is 1. The van der Waals surface area contributed by atoms with Gasteiger partial charge in [-0.05, 0) is 20.4 Å². The molecule has 0 aromatic carbocycles. The predicted molar refractivity (Wildman–Crippen MR) is 56.3 cm³/mol. The first kappa shape index (κ1) is 9.40. The van der Waals surface area contributed by atoms with Crippen LogP contribution in [-0.2, 0) is 0 Å². The lowest BCUT2D eigenvalue weighted by Gasteiger charge is -2.39. The summed E-state index contributed by atoms with van der Waals surface area (Å²) in [7, 11) is 0. The molecule has 76 valence electrons. The van der Waals surface area contributed by atoms with Crippen molar-refractivity contribution < 1.29 is 0 Å². The molecule has 1 aromatic rings. The van der Waals surface area contributed by atoms with E-state index in [-0.39, 0.29) is 0 Å². The number of hydrogen-bond donors (Lipinski definition) is 1. The van der Waals surface area contributed by atoms with Gasteiger partial charge in [-0.2, -0.15) is 0 Å². The zero-order chi connectivity index (χ0) is 10.1. The maximum absolute atomic E-state index is 5.57. The van der Waals surface area contributed by atoms with Crippen LogP contribution in [0.3, 0.4) is 0 Å². The molecule has 0 radical (unpaired) electrons. The highest BCUT2D eigenvalue weighted by atomic mass is 15.2. The largest absolute Gasteiger partial charge is 0.355 e. The molecule has 0 atom stereocenters. The monoisotopic (exact) mass is 192 g/mol. The van der Waals surface area contributed by atoms with Gasteiger partial charge in [-0.1, -0.05) is 0 Å². The average Bonchev–Trinajstić information content (AvgIpc) is 2.09. The fourth-order valence-electron chi connectivity index (χ4n) is 1.59. The van der Waals surface area contributed by atoms with Gasteiger partial charge in [0.25, 0.3) is 0 Å². The molecule has 1 aliphatic rings. The Labute approximate surface area is 84.2 Å². The van der Waals surface area contributed by atoms with Gasteiger partial charge in [-0.25, -0.2) is 4.98 Å². The lowest BCUT2D eigenvalue weighted by molar-refractivity contribution is 0.416.